The van der Waals surface area contributed by atoms with E-state index in [2.05, 4.69) is 10.1 Å². The minimum absolute atomic E-state index is 0.0604. The van der Waals surface area contributed by atoms with Crippen molar-refractivity contribution in [2.24, 2.45) is 0 Å². The molecule has 0 spiro atoms. The van der Waals surface area contributed by atoms with E-state index in [0.29, 0.717) is 19.3 Å². The van der Waals surface area contributed by atoms with Crippen molar-refractivity contribution in [1.29, 1.82) is 0 Å². The highest BCUT2D eigenvalue weighted by atomic mass is 19.3. The molecule has 5 nitrogen and oxygen atoms in total. The van der Waals surface area contributed by atoms with E-state index in [0.717, 1.165) is 24.8 Å². The first-order valence-electron chi connectivity index (χ1n) is 7.99. The largest absolute Gasteiger partial charge is 0.480 e. The Hall–Kier alpha value is -2.18. The number of aryl methyl sites for hydroxylation is 1. The van der Waals surface area contributed by atoms with E-state index in [1.807, 2.05) is 0 Å². The molecule has 0 radical (unpaired) electrons. The number of halogens is 2. The van der Waals surface area contributed by atoms with Crippen LogP contribution in [0, 0.1) is 0 Å². The van der Waals surface area contributed by atoms with Gasteiger partial charge in [-0.25, -0.2) is 4.79 Å². The molecule has 1 aromatic rings. The van der Waals surface area contributed by atoms with Crippen LogP contribution in [0.2, 0.25) is 0 Å². The van der Waals surface area contributed by atoms with Gasteiger partial charge in [-0.3, -0.25) is 4.79 Å². The number of hydrogen-bond acceptors (Lipinski definition) is 3. The van der Waals surface area contributed by atoms with Crippen molar-refractivity contribution in [3.05, 3.63) is 29.8 Å². The van der Waals surface area contributed by atoms with Crippen LogP contribution < -0.4 is 10.1 Å². The zero-order valence-corrected chi connectivity index (χ0v) is 13.3. The number of amides is 1. The Balaban J connectivity index is 1.87. The van der Waals surface area contributed by atoms with Crippen molar-refractivity contribution in [3.63, 3.8) is 0 Å². The highest BCUT2D eigenvalue weighted by Gasteiger charge is 2.40. The van der Waals surface area contributed by atoms with Crippen LogP contribution in [0.1, 0.15) is 44.1 Å². The quantitative estimate of drug-likeness (QED) is 0.799. The average molecular weight is 341 g/mol. The van der Waals surface area contributed by atoms with Crippen LogP contribution in [0.5, 0.6) is 5.75 Å². The Morgan fingerprint density at radius 1 is 1.17 bits per heavy atom. The van der Waals surface area contributed by atoms with Crippen LogP contribution in [0.4, 0.5) is 8.78 Å². The number of nitrogens with one attached hydrogen (secondary N) is 1. The molecular formula is C17H21F2NO4. The Bertz CT molecular complexity index is 568. The number of carboxylic acid groups (broad SMARTS) is 1. The van der Waals surface area contributed by atoms with Gasteiger partial charge in [0.15, 0.2) is 0 Å². The third-order valence-corrected chi connectivity index (χ3v) is 4.28. The molecule has 1 aromatic carbocycles. The van der Waals surface area contributed by atoms with Crippen molar-refractivity contribution in [2.45, 2.75) is 57.1 Å². The van der Waals surface area contributed by atoms with Gasteiger partial charge in [-0.05, 0) is 37.0 Å². The lowest BCUT2D eigenvalue weighted by Crippen LogP contribution is -2.55. The molecule has 24 heavy (non-hydrogen) atoms. The highest BCUT2D eigenvalue weighted by molar-refractivity contribution is 5.87. The summed E-state index contributed by atoms with van der Waals surface area (Å²) in [4.78, 5) is 23.6. The standard InChI is InChI=1S/C17H21F2NO4/c18-16(19)24-13-7-4-12(5-8-13)6-9-14(21)20-17(15(22)23)10-2-1-3-11-17/h4-5,7-8,16H,1-3,6,9-11H2,(H,20,21)(H,22,23). The van der Waals surface area contributed by atoms with Gasteiger partial charge in [0.05, 0.1) is 0 Å². The number of ether oxygens (including phenoxy) is 1. The molecule has 2 rings (SSSR count). The molecule has 1 fully saturated rings. The second-order valence-electron chi connectivity index (χ2n) is 6.02. The second kappa shape index (κ2) is 8.08. The molecule has 132 valence electrons. The molecule has 0 aromatic heterocycles. The monoisotopic (exact) mass is 341 g/mol. The maximum absolute atomic E-state index is 12.1. The average Bonchev–Trinajstić information content (AvgIpc) is 2.54. The van der Waals surface area contributed by atoms with E-state index in [1.54, 1.807) is 12.1 Å². The van der Waals surface area contributed by atoms with E-state index in [-0.39, 0.29) is 18.1 Å². The third kappa shape index (κ3) is 4.91. The summed E-state index contributed by atoms with van der Waals surface area (Å²) in [7, 11) is 0. The predicted molar refractivity (Wildman–Crippen MR) is 83.0 cm³/mol. The van der Waals surface area contributed by atoms with Crippen LogP contribution in [-0.4, -0.2) is 29.1 Å². The molecule has 1 aliphatic rings. The fraction of sp³-hybridized carbons (Fsp3) is 0.529. The molecule has 0 heterocycles. The summed E-state index contributed by atoms with van der Waals surface area (Å²) in [6.07, 6.45) is 4.01. The number of carboxylic acids is 1. The van der Waals surface area contributed by atoms with Gasteiger partial charge < -0.3 is 15.2 Å². The van der Waals surface area contributed by atoms with Crippen molar-refractivity contribution >= 4 is 11.9 Å². The van der Waals surface area contributed by atoms with Crippen molar-refractivity contribution in [2.75, 3.05) is 0 Å². The summed E-state index contributed by atoms with van der Waals surface area (Å²) in [5.74, 6) is -1.23. The van der Waals surface area contributed by atoms with Gasteiger partial charge in [-0.2, -0.15) is 8.78 Å². The molecule has 0 saturated heterocycles. The van der Waals surface area contributed by atoms with Crippen LogP contribution in [0.15, 0.2) is 24.3 Å². The Morgan fingerprint density at radius 2 is 1.79 bits per heavy atom. The van der Waals surface area contributed by atoms with Gasteiger partial charge in [0.2, 0.25) is 5.91 Å². The molecule has 0 atom stereocenters. The number of alkyl halides is 2. The van der Waals surface area contributed by atoms with E-state index >= 15 is 0 Å². The minimum Gasteiger partial charge on any atom is -0.480 e. The second-order valence-corrected chi connectivity index (χ2v) is 6.02. The third-order valence-electron chi connectivity index (χ3n) is 4.28. The summed E-state index contributed by atoms with van der Waals surface area (Å²) in [6, 6.07) is 6.05. The molecule has 0 unspecified atom stereocenters. The summed E-state index contributed by atoms with van der Waals surface area (Å²) in [6.45, 7) is -2.87. The summed E-state index contributed by atoms with van der Waals surface area (Å²) >= 11 is 0. The first kappa shape index (κ1) is 18.2. The van der Waals surface area contributed by atoms with E-state index in [9.17, 15) is 23.5 Å². The summed E-state index contributed by atoms with van der Waals surface area (Å²) in [5, 5.41) is 12.1. The van der Waals surface area contributed by atoms with E-state index < -0.39 is 18.1 Å². The van der Waals surface area contributed by atoms with Gasteiger partial charge in [0, 0.05) is 6.42 Å². The zero-order valence-electron chi connectivity index (χ0n) is 13.3. The maximum Gasteiger partial charge on any atom is 0.387 e. The van der Waals surface area contributed by atoms with Gasteiger partial charge >= 0.3 is 12.6 Å². The molecule has 1 amide bonds. The smallest absolute Gasteiger partial charge is 0.387 e. The SMILES string of the molecule is O=C(CCc1ccc(OC(F)F)cc1)NC1(C(=O)O)CCCCC1. The topological polar surface area (TPSA) is 75.6 Å². The Kier molecular flexibility index (Phi) is 6.11. The molecular weight excluding hydrogens is 320 g/mol. The van der Waals surface area contributed by atoms with E-state index in [4.69, 9.17) is 0 Å². The fourth-order valence-electron chi connectivity index (χ4n) is 2.97. The van der Waals surface area contributed by atoms with E-state index in [1.165, 1.54) is 12.1 Å². The van der Waals surface area contributed by atoms with Crippen LogP contribution in [0.25, 0.3) is 0 Å². The first-order chi connectivity index (χ1) is 11.4. The number of carbonyl (C=O) groups is 2. The molecule has 1 aliphatic carbocycles. The Labute approximate surface area is 139 Å². The molecule has 2 N–H and O–H groups in total. The van der Waals surface area contributed by atoms with Gasteiger partial charge in [0.1, 0.15) is 11.3 Å². The zero-order chi connectivity index (χ0) is 17.6. The fourth-order valence-corrected chi connectivity index (χ4v) is 2.97. The normalized spacial score (nSPS) is 16.6. The number of benzene rings is 1. The number of rotatable bonds is 7. The first-order valence-corrected chi connectivity index (χ1v) is 7.99. The molecule has 7 heteroatoms. The number of aliphatic carboxylic acids is 1. The number of carbonyl (C=O) groups excluding carboxylic acids is 1. The highest BCUT2D eigenvalue weighted by Crippen LogP contribution is 2.28. The lowest BCUT2D eigenvalue weighted by molar-refractivity contribution is -0.149. The van der Waals surface area contributed by atoms with Crippen LogP contribution in [-0.2, 0) is 16.0 Å². The van der Waals surface area contributed by atoms with Gasteiger partial charge in [-0.15, -0.1) is 0 Å². The summed E-state index contributed by atoms with van der Waals surface area (Å²) < 4.78 is 28.4. The summed E-state index contributed by atoms with van der Waals surface area (Å²) in [5.41, 5.74) is -0.357. The lowest BCUT2D eigenvalue weighted by atomic mass is 9.81. The Morgan fingerprint density at radius 3 is 2.33 bits per heavy atom. The molecule has 0 bridgehead atoms. The van der Waals surface area contributed by atoms with Crippen molar-refractivity contribution < 1.29 is 28.2 Å². The van der Waals surface area contributed by atoms with Crippen molar-refractivity contribution in [3.8, 4) is 5.75 Å². The lowest BCUT2D eigenvalue weighted by Gasteiger charge is -2.34. The number of hydrogen-bond donors (Lipinski definition) is 2. The van der Waals surface area contributed by atoms with Crippen LogP contribution >= 0.6 is 0 Å². The van der Waals surface area contributed by atoms with Crippen LogP contribution in [0.3, 0.4) is 0 Å². The predicted octanol–water partition coefficient (Wildman–Crippen LogP) is 3.12. The molecule has 0 aliphatic heterocycles. The van der Waals surface area contributed by atoms with Gasteiger partial charge in [0.25, 0.3) is 0 Å². The maximum atomic E-state index is 12.1. The van der Waals surface area contributed by atoms with Crippen molar-refractivity contribution in [1.82, 2.24) is 5.32 Å². The van der Waals surface area contributed by atoms with Gasteiger partial charge in [-0.1, -0.05) is 31.4 Å². The minimum atomic E-state index is -2.87. The molecule has 1 saturated carbocycles.